The molecule has 0 bridgehead atoms. The summed E-state index contributed by atoms with van der Waals surface area (Å²) >= 11 is 0. The molecule has 1 fully saturated rings. The monoisotopic (exact) mass is 433 g/mol. The third-order valence-corrected chi connectivity index (χ3v) is 4.93. The minimum Gasteiger partial charge on any atom is -0.368 e. The van der Waals surface area contributed by atoms with Crippen LogP contribution in [0.3, 0.4) is 0 Å². The number of anilines is 2. The quantitative estimate of drug-likeness (QED) is 0.401. The Balaban J connectivity index is 1.54. The van der Waals surface area contributed by atoms with Crippen molar-refractivity contribution in [2.24, 2.45) is 4.99 Å². The maximum absolute atomic E-state index is 13.4. The number of piperazine rings is 1. The molecule has 1 aromatic carbocycles. The molecule has 0 radical (unpaired) electrons. The van der Waals surface area contributed by atoms with E-state index in [1.807, 2.05) is 0 Å². The second kappa shape index (κ2) is 8.86. The maximum Gasteiger partial charge on any atom is 0.417 e. The van der Waals surface area contributed by atoms with Crippen molar-refractivity contribution < 1.29 is 13.2 Å². The van der Waals surface area contributed by atoms with Crippen LogP contribution in [0.2, 0.25) is 0 Å². The minimum atomic E-state index is -4.53. The number of nitrogen functional groups attached to an aromatic ring is 1. The first-order valence-corrected chi connectivity index (χ1v) is 9.79. The topological polar surface area (TPSA) is 109 Å². The van der Waals surface area contributed by atoms with Crippen LogP contribution >= 0.6 is 0 Å². The fourth-order valence-corrected chi connectivity index (χ4v) is 3.34. The lowest BCUT2D eigenvalue weighted by Crippen LogP contribution is -2.44. The van der Waals surface area contributed by atoms with Crippen molar-refractivity contribution in [2.45, 2.75) is 6.18 Å². The summed E-state index contributed by atoms with van der Waals surface area (Å²) < 4.78 is 41.4. The standard InChI is InChI=1S/C19H22F3N9/c20-19(21,22)14-4-2-1-3-13(14)16-28-17-15(11-26-18(23)31(17)29-16)27-12-25-7-10-30-8-5-24-6-9-30/h1-4,11-12,24H,5-10H2,(H2,23,26)(H,25,27). The second-order valence-corrected chi connectivity index (χ2v) is 7.02. The lowest BCUT2D eigenvalue weighted by molar-refractivity contribution is -0.137. The highest BCUT2D eigenvalue weighted by atomic mass is 19.4. The molecule has 31 heavy (non-hydrogen) atoms. The summed E-state index contributed by atoms with van der Waals surface area (Å²) in [7, 11) is 0. The van der Waals surface area contributed by atoms with Crippen molar-refractivity contribution in [3.63, 3.8) is 0 Å². The largest absolute Gasteiger partial charge is 0.417 e. The van der Waals surface area contributed by atoms with Crippen molar-refractivity contribution in [2.75, 3.05) is 50.3 Å². The van der Waals surface area contributed by atoms with Crippen LogP contribution in [0.5, 0.6) is 0 Å². The number of nitrogens with zero attached hydrogens (tertiary/aromatic N) is 6. The van der Waals surface area contributed by atoms with Crippen molar-refractivity contribution in [1.29, 1.82) is 0 Å². The van der Waals surface area contributed by atoms with Gasteiger partial charge in [0.2, 0.25) is 5.95 Å². The van der Waals surface area contributed by atoms with Gasteiger partial charge in [-0.15, -0.1) is 5.10 Å². The van der Waals surface area contributed by atoms with E-state index in [9.17, 15) is 13.2 Å². The molecule has 0 saturated carbocycles. The number of hydrogen-bond acceptors (Lipinski definition) is 7. The fourth-order valence-electron chi connectivity index (χ4n) is 3.34. The summed E-state index contributed by atoms with van der Waals surface area (Å²) in [6.07, 6.45) is -1.56. The van der Waals surface area contributed by atoms with E-state index in [4.69, 9.17) is 5.73 Å². The van der Waals surface area contributed by atoms with Crippen molar-refractivity contribution >= 4 is 23.6 Å². The molecule has 3 heterocycles. The summed E-state index contributed by atoms with van der Waals surface area (Å²) in [5.74, 6) is -0.0780. The smallest absolute Gasteiger partial charge is 0.368 e. The van der Waals surface area contributed by atoms with Crippen molar-refractivity contribution in [3.05, 3.63) is 36.0 Å². The Morgan fingerprint density at radius 1 is 1.23 bits per heavy atom. The van der Waals surface area contributed by atoms with Gasteiger partial charge in [0.15, 0.2) is 11.5 Å². The highest BCUT2D eigenvalue weighted by molar-refractivity contribution is 5.83. The van der Waals surface area contributed by atoms with E-state index in [0.717, 1.165) is 38.8 Å². The molecule has 0 aliphatic carbocycles. The van der Waals surface area contributed by atoms with Crippen LogP contribution in [0, 0.1) is 0 Å². The SMILES string of the molecule is Nc1ncc(NC=NCCN2CCNCC2)c2nc(-c3ccccc3C(F)(F)F)nn12. The first kappa shape index (κ1) is 21.0. The number of nitrogens with two attached hydrogens (primary N) is 1. The van der Waals surface area contributed by atoms with Crippen LogP contribution in [0.15, 0.2) is 35.5 Å². The Morgan fingerprint density at radius 2 is 2.00 bits per heavy atom. The molecule has 1 saturated heterocycles. The number of benzene rings is 1. The molecule has 0 amide bonds. The molecule has 0 unspecified atom stereocenters. The minimum absolute atomic E-state index is 0.0134. The highest BCUT2D eigenvalue weighted by Crippen LogP contribution is 2.36. The Morgan fingerprint density at radius 3 is 2.77 bits per heavy atom. The predicted octanol–water partition coefficient (Wildman–Crippen LogP) is 1.74. The van der Waals surface area contributed by atoms with Gasteiger partial charge in [-0.25, -0.2) is 9.97 Å². The Hall–Kier alpha value is -3.25. The lowest BCUT2D eigenvalue weighted by atomic mass is 10.1. The van der Waals surface area contributed by atoms with Gasteiger partial charge in [-0.05, 0) is 6.07 Å². The van der Waals surface area contributed by atoms with E-state index in [0.29, 0.717) is 12.2 Å². The maximum atomic E-state index is 13.4. The van der Waals surface area contributed by atoms with Crippen molar-refractivity contribution in [3.8, 4) is 11.4 Å². The molecule has 2 aromatic heterocycles. The first-order chi connectivity index (χ1) is 14.9. The highest BCUT2D eigenvalue weighted by Gasteiger charge is 2.34. The molecule has 1 aliphatic rings. The van der Waals surface area contributed by atoms with Crippen LogP contribution < -0.4 is 16.4 Å². The molecule has 1 aliphatic heterocycles. The number of aliphatic imine (C=N–C) groups is 1. The normalized spacial score (nSPS) is 15.7. The van der Waals surface area contributed by atoms with Gasteiger partial charge < -0.3 is 16.4 Å². The average molecular weight is 433 g/mol. The third-order valence-electron chi connectivity index (χ3n) is 4.93. The van der Waals surface area contributed by atoms with Crippen LogP contribution in [-0.4, -0.2) is 70.1 Å². The number of hydrogen-bond donors (Lipinski definition) is 3. The molecule has 4 rings (SSSR count). The Kier molecular flexibility index (Phi) is 6.00. The van der Waals surface area contributed by atoms with Crippen LogP contribution in [0.1, 0.15) is 5.56 Å². The van der Waals surface area contributed by atoms with Gasteiger partial charge in [-0.3, -0.25) is 9.89 Å². The number of aromatic nitrogens is 4. The molecule has 9 nitrogen and oxygen atoms in total. The lowest BCUT2D eigenvalue weighted by Gasteiger charge is -2.26. The zero-order valence-corrected chi connectivity index (χ0v) is 16.6. The summed E-state index contributed by atoms with van der Waals surface area (Å²) in [6, 6.07) is 5.14. The number of halogens is 3. The second-order valence-electron chi connectivity index (χ2n) is 7.02. The summed E-state index contributed by atoms with van der Waals surface area (Å²) in [5.41, 5.74) is 5.60. The predicted molar refractivity (Wildman–Crippen MR) is 112 cm³/mol. The van der Waals surface area contributed by atoms with Gasteiger partial charge in [-0.2, -0.15) is 17.7 Å². The fraction of sp³-hybridized carbons (Fsp3) is 0.368. The van der Waals surface area contributed by atoms with Crippen LogP contribution in [0.4, 0.5) is 24.8 Å². The average Bonchev–Trinajstić information content (AvgIpc) is 3.22. The molecule has 0 atom stereocenters. The van der Waals surface area contributed by atoms with Crippen molar-refractivity contribution in [1.82, 2.24) is 29.8 Å². The molecular weight excluding hydrogens is 411 g/mol. The van der Waals surface area contributed by atoms with E-state index >= 15 is 0 Å². The van der Waals surface area contributed by atoms with E-state index in [1.165, 1.54) is 35.2 Å². The van der Waals surface area contributed by atoms with Gasteiger partial charge in [0.25, 0.3) is 0 Å². The number of fused-ring (bicyclic) bond motifs is 1. The summed E-state index contributed by atoms with van der Waals surface area (Å²) in [4.78, 5) is 15.0. The van der Waals surface area contributed by atoms with Crippen LogP contribution in [-0.2, 0) is 6.18 Å². The van der Waals surface area contributed by atoms with Gasteiger partial charge >= 0.3 is 6.18 Å². The van der Waals surface area contributed by atoms with Gasteiger partial charge in [-0.1, -0.05) is 18.2 Å². The summed E-state index contributed by atoms with van der Waals surface area (Å²) in [6.45, 7) is 5.40. The Bertz CT molecular complexity index is 1070. The molecule has 4 N–H and O–H groups in total. The molecule has 164 valence electrons. The third kappa shape index (κ3) is 4.75. The zero-order valence-electron chi connectivity index (χ0n) is 16.6. The van der Waals surface area contributed by atoms with E-state index in [-0.39, 0.29) is 23.0 Å². The van der Waals surface area contributed by atoms with Crippen LogP contribution in [0.25, 0.3) is 17.0 Å². The summed E-state index contributed by atoms with van der Waals surface area (Å²) in [5, 5.41) is 10.4. The molecule has 0 spiro atoms. The van der Waals surface area contributed by atoms with E-state index in [2.05, 4.69) is 35.6 Å². The van der Waals surface area contributed by atoms with E-state index < -0.39 is 11.7 Å². The zero-order chi connectivity index (χ0) is 21.8. The Labute approximate surface area is 176 Å². The van der Waals surface area contributed by atoms with Gasteiger partial charge in [0.1, 0.15) is 5.69 Å². The van der Waals surface area contributed by atoms with E-state index in [1.54, 1.807) is 0 Å². The molecule has 12 heteroatoms. The number of alkyl halides is 3. The molecular formula is C19H22F3N9. The van der Waals surface area contributed by atoms with Gasteiger partial charge in [0, 0.05) is 38.3 Å². The number of nitrogens with one attached hydrogen (secondary N) is 2. The first-order valence-electron chi connectivity index (χ1n) is 9.79. The molecule has 3 aromatic rings. The van der Waals surface area contributed by atoms with Gasteiger partial charge in [0.05, 0.1) is 24.6 Å². The number of rotatable bonds is 6.